The van der Waals surface area contributed by atoms with E-state index in [1.165, 1.54) is 36.0 Å². The van der Waals surface area contributed by atoms with E-state index in [0.29, 0.717) is 13.0 Å². The van der Waals surface area contributed by atoms with E-state index in [2.05, 4.69) is 23.1 Å². The fourth-order valence-electron chi connectivity index (χ4n) is 2.75. The predicted octanol–water partition coefficient (Wildman–Crippen LogP) is 1.95. The molecule has 1 aliphatic carbocycles. The molecule has 0 saturated carbocycles. The quantitative estimate of drug-likeness (QED) is 0.563. The van der Waals surface area contributed by atoms with Gasteiger partial charge in [0.05, 0.1) is 12.4 Å². The lowest BCUT2D eigenvalue weighted by atomic mass is 10.1. The molecule has 0 saturated heterocycles. The Morgan fingerprint density at radius 3 is 2.85 bits per heavy atom. The smallest absolute Gasteiger partial charge is 0.0918 e. The lowest BCUT2D eigenvalue weighted by molar-refractivity contribution is 0.145. The van der Waals surface area contributed by atoms with Crippen LogP contribution in [0.25, 0.3) is 0 Å². The number of rotatable bonds is 8. The van der Waals surface area contributed by atoms with Crippen molar-refractivity contribution >= 4 is 5.84 Å². The molecule has 0 unspecified atom stereocenters. The number of fused-ring (bicyclic) bond motifs is 1. The molecule has 0 heterocycles. The van der Waals surface area contributed by atoms with E-state index < -0.39 is 0 Å². The highest BCUT2D eigenvalue weighted by molar-refractivity contribution is 5.76. The number of hydrogen-bond acceptors (Lipinski definition) is 3. The molecule has 0 spiro atoms. The molecule has 0 fully saturated rings. The maximum absolute atomic E-state index is 7.36. The number of nitrogens with two attached hydrogens (primary N) is 1. The molecule has 0 bridgehead atoms. The number of ether oxygens (including phenoxy) is 1. The zero-order valence-electron chi connectivity index (χ0n) is 12.3. The van der Waals surface area contributed by atoms with Gasteiger partial charge in [-0.3, -0.25) is 10.3 Å². The van der Waals surface area contributed by atoms with Gasteiger partial charge >= 0.3 is 0 Å². The maximum atomic E-state index is 7.36. The van der Waals surface area contributed by atoms with Gasteiger partial charge in [-0.25, -0.2) is 0 Å². The molecule has 3 N–H and O–H groups in total. The molecule has 0 radical (unpaired) electrons. The van der Waals surface area contributed by atoms with Crippen LogP contribution in [0.1, 0.15) is 29.5 Å². The summed E-state index contributed by atoms with van der Waals surface area (Å²) in [5.74, 6) is 0.251. The van der Waals surface area contributed by atoms with Crippen molar-refractivity contribution < 1.29 is 4.74 Å². The number of nitrogens with one attached hydrogen (secondary N) is 1. The summed E-state index contributed by atoms with van der Waals surface area (Å²) < 4.78 is 5.16. The molecule has 0 amide bonds. The van der Waals surface area contributed by atoms with E-state index >= 15 is 0 Å². The maximum Gasteiger partial charge on any atom is 0.0918 e. The number of aryl methyl sites for hydroxylation is 2. The summed E-state index contributed by atoms with van der Waals surface area (Å²) in [7, 11) is 1.72. The fourth-order valence-corrected chi connectivity index (χ4v) is 2.75. The van der Waals surface area contributed by atoms with E-state index in [4.69, 9.17) is 15.9 Å². The second-order valence-corrected chi connectivity index (χ2v) is 5.50. The summed E-state index contributed by atoms with van der Waals surface area (Å²) in [6, 6.07) is 6.85. The Balaban J connectivity index is 1.96. The summed E-state index contributed by atoms with van der Waals surface area (Å²) in [6.07, 6.45) is 4.35. The minimum atomic E-state index is 0.251. The average molecular weight is 275 g/mol. The van der Waals surface area contributed by atoms with Gasteiger partial charge in [0, 0.05) is 33.2 Å². The highest BCUT2D eigenvalue weighted by atomic mass is 16.5. The van der Waals surface area contributed by atoms with Gasteiger partial charge in [0.15, 0.2) is 0 Å². The van der Waals surface area contributed by atoms with Gasteiger partial charge in [0.25, 0.3) is 0 Å². The third-order valence-electron chi connectivity index (χ3n) is 3.88. The van der Waals surface area contributed by atoms with Crippen molar-refractivity contribution in [1.29, 1.82) is 5.41 Å². The Kier molecular flexibility index (Phi) is 5.56. The molecule has 0 aliphatic heterocycles. The summed E-state index contributed by atoms with van der Waals surface area (Å²) >= 11 is 0. The molecular weight excluding hydrogens is 250 g/mol. The average Bonchev–Trinajstić information content (AvgIpc) is 2.89. The molecular formula is C16H25N3O. The SMILES string of the molecule is COCCN(CCC(=N)N)Cc1ccc2c(c1)CCC2. The molecule has 4 nitrogen and oxygen atoms in total. The van der Waals surface area contributed by atoms with Crippen LogP contribution in [0.5, 0.6) is 0 Å². The van der Waals surface area contributed by atoms with Gasteiger partial charge in [0.1, 0.15) is 0 Å². The van der Waals surface area contributed by atoms with Crippen molar-refractivity contribution in [3.63, 3.8) is 0 Å². The van der Waals surface area contributed by atoms with Crippen LogP contribution in [0, 0.1) is 5.41 Å². The van der Waals surface area contributed by atoms with Gasteiger partial charge in [-0.2, -0.15) is 0 Å². The molecule has 0 aromatic heterocycles. The summed E-state index contributed by atoms with van der Waals surface area (Å²) in [4.78, 5) is 2.31. The van der Waals surface area contributed by atoms with Crippen molar-refractivity contribution in [2.45, 2.75) is 32.2 Å². The van der Waals surface area contributed by atoms with Crippen molar-refractivity contribution in [3.8, 4) is 0 Å². The number of nitrogens with zero attached hydrogens (tertiary/aromatic N) is 1. The van der Waals surface area contributed by atoms with Crippen molar-refractivity contribution in [1.82, 2.24) is 4.90 Å². The normalized spacial score (nSPS) is 13.7. The second-order valence-electron chi connectivity index (χ2n) is 5.50. The highest BCUT2D eigenvalue weighted by Gasteiger charge is 2.12. The van der Waals surface area contributed by atoms with Gasteiger partial charge in [-0.1, -0.05) is 18.2 Å². The molecule has 1 aromatic carbocycles. The van der Waals surface area contributed by atoms with Gasteiger partial charge in [-0.15, -0.1) is 0 Å². The fraction of sp³-hybridized carbons (Fsp3) is 0.562. The first-order chi connectivity index (χ1) is 9.69. The van der Waals surface area contributed by atoms with Crippen LogP contribution in [-0.4, -0.2) is 37.5 Å². The Bertz CT molecular complexity index is 459. The molecule has 20 heavy (non-hydrogen) atoms. The number of amidine groups is 1. The first kappa shape index (κ1) is 15.0. The van der Waals surface area contributed by atoms with Crippen molar-refractivity contribution in [2.75, 3.05) is 26.8 Å². The van der Waals surface area contributed by atoms with Crippen LogP contribution in [0.3, 0.4) is 0 Å². The van der Waals surface area contributed by atoms with E-state index in [0.717, 1.165) is 19.6 Å². The van der Waals surface area contributed by atoms with Crippen LogP contribution in [-0.2, 0) is 24.1 Å². The van der Waals surface area contributed by atoms with Crippen LogP contribution in [0.4, 0.5) is 0 Å². The van der Waals surface area contributed by atoms with Crippen LogP contribution in [0.2, 0.25) is 0 Å². The van der Waals surface area contributed by atoms with Gasteiger partial charge in [-0.05, 0) is 36.0 Å². The Hall–Kier alpha value is -1.39. The van der Waals surface area contributed by atoms with Crippen LogP contribution in [0.15, 0.2) is 18.2 Å². The lowest BCUT2D eigenvalue weighted by Gasteiger charge is -2.22. The summed E-state index contributed by atoms with van der Waals surface area (Å²) in [6.45, 7) is 3.31. The molecule has 110 valence electrons. The van der Waals surface area contributed by atoms with Crippen LogP contribution >= 0.6 is 0 Å². The monoisotopic (exact) mass is 275 g/mol. The Morgan fingerprint density at radius 1 is 1.30 bits per heavy atom. The van der Waals surface area contributed by atoms with Gasteiger partial charge < -0.3 is 10.5 Å². The zero-order chi connectivity index (χ0) is 14.4. The number of hydrogen-bond donors (Lipinski definition) is 2. The Labute approximate surface area is 121 Å². The standard InChI is InChI=1S/C16H25N3O/c1-20-10-9-19(8-7-16(17)18)12-13-5-6-14-3-2-4-15(14)11-13/h5-6,11H,2-4,7-10,12H2,1H3,(H3,17,18). The third kappa shape index (κ3) is 4.32. The zero-order valence-corrected chi connectivity index (χ0v) is 12.3. The molecule has 2 rings (SSSR count). The summed E-state index contributed by atoms with van der Waals surface area (Å²) in [5, 5.41) is 7.36. The second kappa shape index (κ2) is 7.41. The van der Waals surface area contributed by atoms with Crippen molar-refractivity contribution in [2.24, 2.45) is 5.73 Å². The topological polar surface area (TPSA) is 62.3 Å². The predicted molar refractivity (Wildman–Crippen MR) is 82.2 cm³/mol. The van der Waals surface area contributed by atoms with Gasteiger partial charge in [0.2, 0.25) is 0 Å². The molecule has 4 heteroatoms. The minimum absolute atomic E-state index is 0.251. The largest absolute Gasteiger partial charge is 0.388 e. The first-order valence-corrected chi connectivity index (χ1v) is 7.34. The summed E-state index contributed by atoms with van der Waals surface area (Å²) in [5.41, 5.74) is 9.84. The first-order valence-electron chi connectivity index (χ1n) is 7.34. The molecule has 1 aromatic rings. The van der Waals surface area contributed by atoms with Crippen LogP contribution < -0.4 is 5.73 Å². The molecule has 1 aliphatic rings. The molecule has 0 atom stereocenters. The Morgan fingerprint density at radius 2 is 2.10 bits per heavy atom. The number of benzene rings is 1. The highest BCUT2D eigenvalue weighted by Crippen LogP contribution is 2.23. The minimum Gasteiger partial charge on any atom is -0.388 e. The number of methoxy groups -OCH3 is 1. The van der Waals surface area contributed by atoms with E-state index in [1.807, 2.05) is 0 Å². The van der Waals surface area contributed by atoms with Crippen molar-refractivity contribution in [3.05, 3.63) is 34.9 Å². The van der Waals surface area contributed by atoms with E-state index in [1.54, 1.807) is 7.11 Å². The third-order valence-corrected chi connectivity index (χ3v) is 3.88. The van der Waals surface area contributed by atoms with E-state index in [-0.39, 0.29) is 5.84 Å². The van der Waals surface area contributed by atoms with E-state index in [9.17, 15) is 0 Å². The lowest BCUT2D eigenvalue weighted by Crippen LogP contribution is -2.30.